The molecule has 1 heterocycles. The number of hydrogen-bond acceptors (Lipinski definition) is 5. The third kappa shape index (κ3) is 4.98. The second-order valence-electron chi connectivity index (χ2n) is 4.92. The molecular formula is C15H20N2O4. The summed E-state index contributed by atoms with van der Waals surface area (Å²) in [6, 6.07) is 6.92. The summed E-state index contributed by atoms with van der Waals surface area (Å²) in [7, 11) is 0. The monoisotopic (exact) mass is 292 g/mol. The standard InChI is InChI=1S/C15H20N2O4/c16-12-3-5-13(6-4-12)20-10-7-15(19)21-11-14(18)17-8-1-2-9-17/h3-6H,1-2,7-11,16H2. The zero-order valence-electron chi connectivity index (χ0n) is 11.9. The van der Waals surface area contributed by atoms with Crippen LogP contribution in [-0.2, 0) is 14.3 Å². The fourth-order valence-corrected chi connectivity index (χ4v) is 2.09. The van der Waals surface area contributed by atoms with E-state index in [0.29, 0.717) is 11.4 Å². The number of benzene rings is 1. The van der Waals surface area contributed by atoms with Gasteiger partial charge in [0.05, 0.1) is 13.0 Å². The minimum Gasteiger partial charge on any atom is -0.493 e. The molecule has 1 aromatic carbocycles. The molecule has 6 heteroatoms. The molecule has 1 amide bonds. The summed E-state index contributed by atoms with van der Waals surface area (Å²) in [6.07, 6.45) is 2.15. The van der Waals surface area contributed by atoms with Gasteiger partial charge in [0.25, 0.3) is 5.91 Å². The number of rotatable bonds is 6. The van der Waals surface area contributed by atoms with Crippen LogP contribution in [0.3, 0.4) is 0 Å². The highest BCUT2D eigenvalue weighted by molar-refractivity contribution is 5.80. The van der Waals surface area contributed by atoms with Crippen LogP contribution in [0, 0.1) is 0 Å². The lowest BCUT2D eigenvalue weighted by Crippen LogP contribution is -2.32. The van der Waals surface area contributed by atoms with Gasteiger partial charge in [0, 0.05) is 18.8 Å². The van der Waals surface area contributed by atoms with Gasteiger partial charge in [-0.05, 0) is 37.1 Å². The van der Waals surface area contributed by atoms with E-state index in [1.54, 1.807) is 29.2 Å². The van der Waals surface area contributed by atoms with E-state index in [-0.39, 0.29) is 25.5 Å². The van der Waals surface area contributed by atoms with Crippen LogP contribution in [0.1, 0.15) is 19.3 Å². The fourth-order valence-electron chi connectivity index (χ4n) is 2.09. The third-order valence-corrected chi connectivity index (χ3v) is 3.27. The number of esters is 1. The van der Waals surface area contributed by atoms with Crippen LogP contribution < -0.4 is 10.5 Å². The molecule has 1 aliphatic heterocycles. The van der Waals surface area contributed by atoms with Crippen molar-refractivity contribution in [3.8, 4) is 5.75 Å². The molecule has 0 aliphatic carbocycles. The van der Waals surface area contributed by atoms with E-state index in [4.69, 9.17) is 15.2 Å². The minimum absolute atomic E-state index is 0.109. The first-order valence-electron chi connectivity index (χ1n) is 7.07. The second kappa shape index (κ2) is 7.52. The maximum atomic E-state index is 11.7. The molecular weight excluding hydrogens is 272 g/mol. The maximum absolute atomic E-state index is 11.7. The number of hydrogen-bond donors (Lipinski definition) is 1. The molecule has 21 heavy (non-hydrogen) atoms. The number of nitrogens with zero attached hydrogens (tertiary/aromatic N) is 1. The molecule has 0 aromatic heterocycles. The van der Waals surface area contributed by atoms with E-state index in [1.807, 2.05) is 0 Å². The SMILES string of the molecule is Nc1ccc(OCCC(=O)OCC(=O)N2CCCC2)cc1. The molecule has 0 radical (unpaired) electrons. The highest BCUT2D eigenvalue weighted by atomic mass is 16.5. The third-order valence-electron chi connectivity index (χ3n) is 3.27. The van der Waals surface area contributed by atoms with Crippen LogP contribution in [0.4, 0.5) is 5.69 Å². The van der Waals surface area contributed by atoms with Crippen molar-refractivity contribution in [2.24, 2.45) is 0 Å². The van der Waals surface area contributed by atoms with Gasteiger partial charge in [-0.25, -0.2) is 0 Å². The largest absolute Gasteiger partial charge is 0.493 e. The molecule has 1 fully saturated rings. The summed E-state index contributed by atoms with van der Waals surface area (Å²) in [5.74, 6) is 0.0865. The van der Waals surface area contributed by atoms with Gasteiger partial charge in [-0.1, -0.05) is 0 Å². The van der Waals surface area contributed by atoms with Gasteiger partial charge >= 0.3 is 5.97 Å². The predicted molar refractivity (Wildman–Crippen MR) is 77.7 cm³/mol. The summed E-state index contributed by atoms with van der Waals surface area (Å²) in [5, 5.41) is 0. The quantitative estimate of drug-likeness (QED) is 0.629. The lowest BCUT2D eigenvalue weighted by molar-refractivity contribution is -0.152. The summed E-state index contributed by atoms with van der Waals surface area (Å²) in [5.41, 5.74) is 6.21. The highest BCUT2D eigenvalue weighted by Crippen LogP contribution is 2.13. The average Bonchev–Trinajstić information content (AvgIpc) is 3.01. The topological polar surface area (TPSA) is 81.9 Å². The Balaban J connectivity index is 1.61. The van der Waals surface area contributed by atoms with Crippen LogP contribution in [0.5, 0.6) is 5.75 Å². The van der Waals surface area contributed by atoms with E-state index in [1.165, 1.54) is 0 Å². The molecule has 2 N–H and O–H groups in total. The van der Waals surface area contributed by atoms with Gasteiger partial charge < -0.3 is 20.1 Å². The Kier molecular flexibility index (Phi) is 5.43. The first kappa shape index (κ1) is 15.2. The molecule has 0 unspecified atom stereocenters. The number of amides is 1. The lowest BCUT2D eigenvalue weighted by Gasteiger charge is -2.14. The molecule has 2 rings (SSSR count). The second-order valence-corrected chi connectivity index (χ2v) is 4.92. The highest BCUT2D eigenvalue weighted by Gasteiger charge is 2.19. The van der Waals surface area contributed by atoms with Gasteiger partial charge in [0.1, 0.15) is 5.75 Å². The maximum Gasteiger partial charge on any atom is 0.309 e. The summed E-state index contributed by atoms with van der Waals surface area (Å²) >= 11 is 0. The van der Waals surface area contributed by atoms with E-state index < -0.39 is 5.97 Å². The first-order chi connectivity index (χ1) is 10.1. The molecule has 114 valence electrons. The molecule has 6 nitrogen and oxygen atoms in total. The van der Waals surface area contributed by atoms with Crippen molar-refractivity contribution in [1.82, 2.24) is 4.90 Å². The smallest absolute Gasteiger partial charge is 0.309 e. The van der Waals surface area contributed by atoms with Crippen molar-refractivity contribution in [3.63, 3.8) is 0 Å². The van der Waals surface area contributed by atoms with Crippen molar-refractivity contribution in [2.45, 2.75) is 19.3 Å². The number of anilines is 1. The molecule has 1 aliphatic rings. The molecule has 1 saturated heterocycles. The summed E-state index contributed by atoms with van der Waals surface area (Å²) < 4.78 is 10.3. The van der Waals surface area contributed by atoms with E-state index in [9.17, 15) is 9.59 Å². The predicted octanol–water partition coefficient (Wildman–Crippen LogP) is 1.20. The number of likely N-dealkylation sites (tertiary alicyclic amines) is 1. The number of carbonyl (C=O) groups excluding carboxylic acids is 2. The van der Waals surface area contributed by atoms with Crippen molar-refractivity contribution in [2.75, 3.05) is 32.0 Å². The van der Waals surface area contributed by atoms with E-state index in [0.717, 1.165) is 25.9 Å². The zero-order chi connectivity index (χ0) is 15.1. The van der Waals surface area contributed by atoms with Crippen LogP contribution in [0.2, 0.25) is 0 Å². The van der Waals surface area contributed by atoms with Crippen molar-refractivity contribution >= 4 is 17.6 Å². The zero-order valence-corrected chi connectivity index (χ0v) is 11.9. The number of nitrogen functional groups attached to an aromatic ring is 1. The molecule has 0 spiro atoms. The number of carbonyl (C=O) groups is 2. The Bertz CT molecular complexity index is 481. The van der Waals surface area contributed by atoms with Gasteiger partial charge in [-0.3, -0.25) is 9.59 Å². The Morgan fingerprint density at radius 2 is 1.81 bits per heavy atom. The van der Waals surface area contributed by atoms with Crippen LogP contribution in [0.25, 0.3) is 0 Å². The normalized spacial score (nSPS) is 14.0. The van der Waals surface area contributed by atoms with Crippen molar-refractivity contribution in [3.05, 3.63) is 24.3 Å². The Morgan fingerprint density at radius 1 is 1.14 bits per heavy atom. The minimum atomic E-state index is -0.432. The Hall–Kier alpha value is -2.24. The molecule has 1 aromatic rings. The van der Waals surface area contributed by atoms with E-state index >= 15 is 0 Å². The molecule has 0 bridgehead atoms. The van der Waals surface area contributed by atoms with Gasteiger partial charge in [-0.2, -0.15) is 0 Å². The van der Waals surface area contributed by atoms with Crippen LogP contribution >= 0.6 is 0 Å². The van der Waals surface area contributed by atoms with Gasteiger partial charge in [0.2, 0.25) is 0 Å². The van der Waals surface area contributed by atoms with Crippen molar-refractivity contribution < 1.29 is 19.1 Å². The van der Waals surface area contributed by atoms with Crippen molar-refractivity contribution in [1.29, 1.82) is 0 Å². The summed E-state index contributed by atoms with van der Waals surface area (Å²) in [6.45, 7) is 1.55. The van der Waals surface area contributed by atoms with Crippen LogP contribution in [-0.4, -0.2) is 43.1 Å². The van der Waals surface area contributed by atoms with Crippen LogP contribution in [0.15, 0.2) is 24.3 Å². The Labute approximate surface area is 123 Å². The van der Waals surface area contributed by atoms with E-state index in [2.05, 4.69) is 0 Å². The molecule has 0 saturated carbocycles. The van der Waals surface area contributed by atoms with Gasteiger partial charge in [0.15, 0.2) is 6.61 Å². The Morgan fingerprint density at radius 3 is 2.48 bits per heavy atom. The van der Waals surface area contributed by atoms with Gasteiger partial charge in [-0.15, -0.1) is 0 Å². The lowest BCUT2D eigenvalue weighted by atomic mass is 10.3. The number of nitrogens with two attached hydrogens (primary N) is 1. The number of ether oxygens (including phenoxy) is 2. The summed E-state index contributed by atoms with van der Waals surface area (Å²) in [4.78, 5) is 24.9. The average molecular weight is 292 g/mol. The fraction of sp³-hybridized carbons (Fsp3) is 0.467. The molecule has 0 atom stereocenters. The first-order valence-corrected chi connectivity index (χ1v) is 7.07.